The zero-order valence-corrected chi connectivity index (χ0v) is 18.4. The molecule has 4 rings (SSSR count). The van der Waals surface area contributed by atoms with Crippen molar-refractivity contribution in [2.24, 2.45) is 0 Å². The monoisotopic (exact) mass is 460 g/mol. The predicted octanol–water partition coefficient (Wildman–Crippen LogP) is 4.03. The molecule has 1 aliphatic heterocycles. The third-order valence-corrected chi connectivity index (χ3v) is 6.55. The Morgan fingerprint density at radius 2 is 1.94 bits per heavy atom. The lowest BCUT2D eigenvalue weighted by Crippen LogP contribution is -2.28. The van der Waals surface area contributed by atoms with Crippen molar-refractivity contribution >= 4 is 34.1 Å². The van der Waals surface area contributed by atoms with E-state index in [0.717, 1.165) is 16.9 Å². The number of thioether (sulfide) groups is 1. The van der Waals surface area contributed by atoms with Gasteiger partial charge < -0.3 is 20.1 Å². The van der Waals surface area contributed by atoms with Crippen molar-refractivity contribution in [1.29, 1.82) is 0 Å². The molecule has 3 aromatic rings. The molecule has 2 heterocycles. The van der Waals surface area contributed by atoms with Gasteiger partial charge >= 0.3 is 0 Å². The van der Waals surface area contributed by atoms with Crippen LogP contribution in [0.4, 0.5) is 9.52 Å². The Hall–Kier alpha value is -2.85. The van der Waals surface area contributed by atoms with E-state index in [1.807, 2.05) is 25.1 Å². The summed E-state index contributed by atoms with van der Waals surface area (Å²) < 4.78 is 24.8. The fourth-order valence-corrected chi connectivity index (χ4v) is 4.50. The van der Waals surface area contributed by atoms with E-state index in [0.29, 0.717) is 35.0 Å². The van der Waals surface area contributed by atoms with Crippen LogP contribution in [0.2, 0.25) is 0 Å². The van der Waals surface area contributed by atoms with Gasteiger partial charge in [0, 0.05) is 6.54 Å². The van der Waals surface area contributed by atoms with Gasteiger partial charge in [0.25, 0.3) is 0 Å². The van der Waals surface area contributed by atoms with Crippen LogP contribution < -0.4 is 20.1 Å². The molecule has 0 saturated carbocycles. The molecule has 0 aliphatic carbocycles. The summed E-state index contributed by atoms with van der Waals surface area (Å²) in [6.45, 7) is 3.52. The number of ether oxygens (including phenoxy) is 2. The van der Waals surface area contributed by atoms with E-state index < -0.39 is 0 Å². The molecule has 1 aliphatic rings. The van der Waals surface area contributed by atoms with Crippen molar-refractivity contribution in [2.45, 2.75) is 23.8 Å². The second kappa shape index (κ2) is 9.97. The Balaban J connectivity index is 1.24. The summed E-state index contributed by atoms with van der Waals surface area (Å²) in [6.07, 6.45) is 0. The molecule has 0 spiro atoms. The molecule has 0 saturated heterocycles. The lowest BCUT2D eigenvalue weighted by Gasteiger charge is -2.21. The number of hydrogen-bond acceptors (Lipinski definition) is 8. The molecule has 0 unspecified atom stereocenters. The zero-order chi connectivity index (χ0) is 21.6. The molecule has 31 heavy (non-hydrogen) atoms. The van der Waals surface area contributed by atoms with E-state index in [2.05, 4.69) is 20.8 Å². The number of anilines is 1. The second-order valence-corrected chi connectivity index (χ2v) is 9.03. The van der Waals surface area contributed by atoms with E-state index in [1.165, 1.54) is 35.2 Å². The number of benzene rings is 2. The zero-order valence-electron chi connectivity index (χ0n) is 16.8. The molecule has 1 aromatic heterocycles. The van der Waals surface area contributed by atoms with Gasteiger partial charge in [0.15, 0.2) is 15.8 Å². The van der Waals surface area contributed by atoms with Crippen molar-refractivity contribution in [3.63, 3.8) is 0 Å². The fourth-order valence-electron chi connectivity index (χ4n) is 2.94. The van der Waals surface area contributed by atoms with Crippen LogP contribution in [-0.4, -0.2) is 35.1 Å². The number of aromatic nitrogens is 2. The van der Waals surface area contributed by atoms with Gasteiger partial charge in [0.05, 0.1) is 11.8 Å². The summed E-state index contributed by atoms with van der Waals surface area (Å²) in [7, 11) is 0. The molecule has 10 heteroatoms. The van der Waals surface area contributed by atoms with Gasteiger partial charge in [-0.05, 0) is 42.3 Å². The van der Waals surface area contributed by atoms with Crippen LogP contribution in [0.5, 0.6) is 11.5 Å². The molecule has 0 fully saturated rings. The second-order valence-electron chi connectivity index (χ2n) is 6.83. The SMILES string of the molecule is C[C@@H](NC(=O)CSc1nnc(NCc2ccc(F)cc2)s1)c1ccc2c(c1)OCCO2. The predicted molar refractivity (Wildman–Crippen MR) is 118 cm³/mol. The number of nitrogens with one attached hydrogen (secondary N) is 2. The normalized spacial score (nSPS) is 13.5. The Kier molecular flexibility index (Phi) is 6.88. The van der Waals surface area contributed by atoms with Crippen LogP contribution in [-0.2, 0) is 11.3 Å². The first-order valence-corrected chi connectivity index (χ1v) is 11.5. The summed E-state index contributed by atoms with van der Waals surface area (Å²) >= 11 is 2.70. The van der Waals surface area contributed by atoms with Crippen molar-refractivity contribution in [3.05, 3.63) is 59.4 Å². The lowest BCUT2D eigenvalue weighted by molar-refractivity contribution is -0.119. The van der Waals surface area contributed by atoms with Gasteiger partial charge in [-0.1, -0.05) is 41.3 Å². The molecule has 2 aromatic carbocycles. The van der Waals surface area contributed by atoms with Crippen LogP contribution >= 0.6 is 23.1 Å². The topological polar surface area (TPSA) is 85.4 Å². The molecule has 1 atom stereocenters. The minimum atomic E-state index is -0.264. The molecule has 1 amide bonds. The van der Waals surface area contributed by atoms with Crippen LogP contribution in [0.1, 0.15) is 24.1 Å². The third kappa shape index (κ3) is 5.86. The summed E-state index contributed by atoms with van der Waals surface area (Å²) in [5.41, 5.74) is 1.89. The molecular formula is C21H21FN4O3S2. The summed E-state index contributed by atoms with van der Waals surface area (Å²) in [5, 5.41) is 15.0. The van der Waals surface area contributed by atoms with Crippen molar-refractivity contribution < 1.29 is 18.7 Å². The van der Waals surface area contributed by atoms with E-state index in [-0.39, 0.29) is 23.5 Å². The van der Waals surface area contributed by atoms with Crippen molar-refractivity contribution in [2.75, 3.05) is 24.3 Å². The number of amides is 1. The van der Waals surface area contributed by atoms with E-state index in [9.17, 15) is 9.18 Å². The first-order chi connectivity index (χ1) is 15.1. The molecular weight excluding hydrogens is 439 g/mol. The smallest absolute Gasteiger partial charge is 0.230 e. The van der Waals surface area contributed by atoms with Gasteiger partial charge in [-0.15, -0.1) is 10.2 Å². The number of rotatable bonds is 8. The number of fused-ring (bicyclic) bond motifs is 1. The van der Waals surface area contributed by atoms with Gasteiger partial charge in [-0.25, -0.2) is 4.39 Å². The highest BCUT2D eigenvalue weighted by Crippen LogP contribution is 2.32. The lowest BCUT2D eigenvalue weighted by atomic mass is 10.1. The summed E-state index contributed by atoms with van der Waals surface area (Å²) in [6, 6.07) is 11.8. The molecule has 7 nitrogen and oxygen atoms in total. The molecule has 162 valence electrons. The standard InChI is InChI=1S/C21H21FN4O3S2/c1-13(15-4-7-17-18(10-15)29-9-8-28-17)24-19(27)12-30-21-26-25-20(31-21)23-11-14-2-5-16(22)6-3-14/h2-7,10,13H,8-9,11-12H2,1H3,(H,23,25)(H,24,27)/t13-/m1/s1. The van der Waals surface area contributed by atoms with Crippen LogP contribution in [0.25, 0.3) is 0 Å². The third-order valence-electron chi connectivity index (χ3n) is 4.53. The highest BCUT2D eigenvalue weighted by molar-refractivity contribution is 8.01. The summed E-state index contributed by atoms with van der Waals surface area (Å²) in [4.78, 5) is 12.4. The van der Waals surface area contributed by atoms with Gasteiger partial charge in [-0.2, -0.15) is 0 Å². The molecule has 2 N–H and O–H groups in total. The number of hydrogen-bond donors (Lipinski definition) is 2. The number of carbonyl (C=O) groups is 1. The first-order valence-electron chi connectivity index (χ1n) is 9.70. The maximum atomic E-state index is 13.0. The Morgan fingerprint density at radius 1 is 1.16 bits per heavy atom. The number of nitrogens with zero attached hydrogens (tertiary/aromatic N) is 2. The quantitative estimate of drug-likeness (QED) is 0.491. The van der Waals surface area contributed by atoms with Crippen LogP contribution in [0, 0.1) is 5.82 Å². The highest BCUT2D eigenvalue weighted by atomic mass is 32.2. The first kappa shape index (κ1) is 21.4. The Labute approximate surface area is 187 Å². The minimum absolute atomic E-state index is 0.0941. The van der Waals surface area contributed by atoms with E-state index in [1.54, 1.807) is 12.1 Å². The molecule has 0 radical (unpaired) electrons. The highest BCUT2D eigenvalue weighted by Gasteiger charge is 2.16. The number of carbonyl (C=O) groups excluding carboxylic acids is 1. The van der Waals surface area contributed by atoms with Crippen LogP contribution in [0.3, 0.4) is 0 Å². The van der Waals surface area contributed by atoms with Gasteiger partial charge in [0.2, 0.25) is 11.0 Å². The average Bonchev–Trinajstić information content (AvgIpc) is 3.25. The van der Waals surface area contributed by atoms with Crippen molar-refractivity contribution in [3.8, 4) is 11.5 Å². The maximum Gasteiger partial charge on any atom is 0.230 e. The average molecular weight is 461 g/mol. The maximum absolute atomic E-state index is 13.0. The summed E-state index contributed by atoms with van der Waals surface area (Å²) in [5.74, 6) is 1.31. The Bertz CT molecular complexity index is 1050. The van der Waals surface area contributed by atoms with Gasteiger partial charge in [0.1, 0.15) is 19.0 Å². The Morgan fingerprint density at radius 3 is 2.74 bits per heavy atom. The van der Waals surface area contributed by atoms with E-state index in [4.69, 9.17) is 9.47 Å². The van der Waals surface area contributed by atoms with Gasteiger partial charge in [-0.3, -0.25) is 4.79 Å². The largest absolute Gasteiger partial charge is 0.486 e. The molecule has 0 bridgehead atoms. The van der Waals surface area contributed by atoms with E-state index >= 15 is 0 Å². The minimum Gasteiger partial charge on any atom is -0.486 e. The number of halogens is 1. The van der Waals surface area contributed by atoms with Crippen LogP contribution in [0.15, 0.2) is 46.8 Å². The van der Waals surface area contributed by atoms with Crippen molar-refractivity contribution in [1.82, 2.24) is 15.5 Å². The fraction of sp³-hybridized carbons (Fsp3) is 0.286.